The van der Waals surface area contributed by atoms with E-state index in [1.165, 1.54) is 12.7 Å². The molecule has 0 saturated heterocycles. The Balaban J connectivity index is 2.10. The molecule has 2 atom stereocenters. The molecular formula is C18H25N2O3S+. The van der Waals surface area contributed by atoms with Crippen LogP contribution in [0.5, 0.6) is 5.75 Å². The van der Waals surface area contributed by atoms with Crippen LogP contribution in [0.1, 0.15) is 31.0 Å². The second-order valence-electron chi connectivity index (χ2n) is 6.10. The minimum atomic E-state index is -3.81. The maximum absolute atomic E-state index is 11.7. The summed E-state index contributed by atoms with van der Waals surface area (Å²) in [6.07, 6.45) is 0.740. The first-order chi connectivity index (χ1) is 11.3. The number of sulfonamides is 1. The van der Waals surface area contributed by atoms with E-state index in [2.05, 4.69) is 31.3 Å². The van der Waals surface area contributed by atoms with Gasteiger partial charge in [-0.05, 0) is 31.5 Å². The third-order valence-corrected chi connectivity index (χ3v) is 4.97. The quantitative estimate of drug-likeness (QED) is 0.796. The van der Waals surface area contributed by atoms with Crippen LogP contribution in [0.15, 0.2) is 53.4 Å². The predicted molar refractivity (Wildman–Crippen MR) is 94.3 cm³/mol. The summed E-state index contributed by atoms with van der Waals surface area (Å²) in [6.45, 7) is 4.29. The monoisotopic (exact) mass is 349 g/mol. The number of quaternary nitrogens is 1. The van der Waals surface area contributed by atoms with Gasteiger partial charge in [-0.2, -0.15) is 0 Å². The summed E-state index contributed by atoms with van der Waals surface area (Å²) in [4.78, 5) is 0.0332. The molecule has 0 saturated carbocycles. The van der Waals surface area contributed by atoms with Gasteiger partial charge in [0.25, 0.3) is 0 Å². The highest BCUT2D eigenvalue weighted by atomic mass is 32.2. The van der Waals surface area contributed by atoms with E-state index >= 15 is 0 Å². The average Bonchev–Trinajstić information content (AvgIpc) is 2.54. The van der Waals surface area contributed by atoms with E-state index in [-0.39, 0.29) is 10.6 Å². The topological polar surface area (TPSA) is 86.0 Å². The van der Waals surface area contributed by atoms with E-state index in [9.17, 15) is 8.42 Å². The number of hydrogen-bond acceptors (Lipinski definition) is 3. The van der Waals surface area contributed by atoms with Crippen molar-refractivity contribution in [3.05, 3.63) is 59.7 Å². The van der Waals surface area contributed by atoms with Gasteiger partial charge in [0, 0.05) is 12.0 Å². The smallest absolute Gasteiger partial charge is 0.241 e. The van der Waals surface area contributed by atoms with Crippen LogP contribution in [-0.2, 0) is 16.4 Å². The Morgan fingerprint density at radius 3 is 2.38 bits per heavy atom. The van der Waals surface area contributed by atoms with Crippen LogP contribution in [0, 0.1) is 0 Å². The molecule has 0 spiro atoms. The van der Waals surface area contributed by atoms with Gasteiger partial charge in [0.05, 0.1) is 13.2 Å². The fraction of sp³-hybridized carbons (Fsp3) is 0.333. The number of primary sulfonamides is 1. The third-order valence-electron chi connectivity index (χ3n) is 4.03. The maximum Gasteiger partial charge on any atom is 0.241 e. The van der Waals surface area contributed by atoms with Gasteiger partial charge in [-0.25, -0.2) is 13.6 Å². The number of nitrogens with two attached hydrogens (primary N) is 2. The number of benzene rings is 2. The molecule has 0 bridgehead atoms. The SMILES string of the molecule is COc1ccc(C[C@@H](C)[NH2+][C@H](C)c2ccccc2)cc1S(N)(=O)=O. The van der Waals surface area contributed by atoms with Crippen LogP contribution in [0.4, 0.5) is 0 Å². The fourth-order valence-corrected chi connectivity index (χ4v) is 3.62. The van der Waals surface area contributed by atoms with Crippen LogP contribution in [0.25, 0.3) is 0 Å². The molecule has 0 aliphatic carbocycles. The van der Waals surface area contributed by atoms with E-state index in [1.54, 1.807) is 12.1 Å². The molecule has 24 heavy (non-hydrogen) atoms. The first-order valence-corrected chi connectivity index (χ1v) is 9.45. The highest BCUT2D eigenvalue weighted by Crippen LogP contribution is 2.24. The summed E-state index contributed by atoms with van der Waals surface area (Å²) in [5, 5.41) is 7.55. The first kappa shape index (κ1) is 18.4. The van der Waals surface area contributed by atoms with Crippen LogP contribution >= 0.6 is 0 Å². The lowest BCUT2D eigenvalue weighted by Crippen LogP contribution is -2.90. The normalized spacial score (nSPS) is 14.2. The lowest BCUT2D eigenvalue weighted by Gasteiger charge is -2.18. The highest BCUT2D eigenvalue weighted by molar-refractivity contribution is 7.89. The van der Waals surface area contributed by atoms with Crippen molar-refractivity contribution in [1.82, 2.24) is 0 Å². The van der Waals surface area contributed by atoms with E-state index in [1.807, 2.05) is 24.3 Å². The van der Waals surface area contributed by atoms with E-state index in [4.69, 9.17) is 9.88 Å². The van der Waals surface area contributed by atoms with Gasteiger partial charge in [0.1, 0.15) is 16.7 Å². The van der Waals surface area contributed by atoms with Crippen LogP contribution in [0.3, 0.4) is 0 Å². The number of hydrogen-bond donors (Lipinski definition) is 2. The Morgan fingerprint density at radius 2 is 1.79 bits per heavy atom. The van der Waals surface area contributed by atoms with Crippen molar-refractivity contribution in [2.24, 2.45) is 5.14 Å². The Hall–Kier alpha value is -1.89. The van der Waals surface area contributed by atoms with Gasteiger partial charge >= 0.3 is 0 Å². The Labute approximate surface area is 143 Å². The minimum Gasteiger partial charge on any atom is -0.495 e. The molecule has 2 rings (SSSR count). The van der Waals surface area contributed by atoms with Crippen molar-refractivity contribution in [3.63, 3.8) is 0 Å². The van der Waals surface area contributed by atoms with Crippen LogP contribution < -0.4 is 15.2 Å². The molecule has 0 aromatic heterocycles. The number of methoxy groups -OCH3 is 1. The van der Waals surface area contributed by atoms with E-state index in [0.717, 1.165) is 12.0 Å². The Morgan fingerprint density at radius 1 is 1.12 bits per heavy atom. The molecule has 4 N–H and O–H groups in total. The lowest BCUT2D eigenvalue weighted by atomic mass is 10.0. The van der Waals surface area contributed by atoms with Crippen molar-refractivity contribution >= 4 is 10.0 Å². The maximum atomic E-state index is 11.7. The summed E-state index contributed by atoms with van der Waals surface area (Å²) in [5.41, 5.74) is 2.19. The summed E-state index contributed by atoms with van der Waals surface area (Å²) >= 11 is 0. The van der Waals surface area contributed by atoms with Crippen molar-refractivity contribution in [2.45, 2.75) is 37.2 Å². The van der Waals surface area contributed by atoms with E-state index in [0.29, 0.717) is 12.1 Å². The molecule has 0 radical (unpaired) electrons. The van der Waals surface area contributed by atoms with Crippen LogP contribution in [0.2, 0.25) is 0 Å². The van der Waals surface area contributed by atoms with Crippen LogP contribution in [-0.4, -0.2) is 21.6 Å². The molecule has 2 aromatic rings. The van der Waals surface area contributed by atoms with Crippen molar-refractivity contribution in [3.8, 4) is 5.75 Å². The lowest BCUT2D eigenvalue weighted by molar-refractivity contribution is -0.721. The minimum absolute atomic E-state index is 0.0332. The molecule has 0 aliphatic rings. The second-order valence-corrected chi connectivity index (χ2v) is 7.63. The fourth-order valence-electron chi connectivity index (χ4n) is 2.87. The summed E-state index contributed by atoms with van der Waals surface area (Å²) in [5.74, 6) is 0.274. The highest BCUT2D eigenvalue weighted by Gasteiger charge is 2.18. The second kappa shape index (κ2) is 7.79. The number of ether oxygens (including phenoxy) is 1. The Kier molecular flexibility index (Phi) is 5.99. The van der Waals surface area contributed by atoms with Gasteiger partial charge in [0.15, 0.2) is 0 Å². The van der Waals surface area contributed by atoms with Gasteiger partial charge in [-0.15, -0.1) is 0 Å². The summed E-state index contributed by atoms with van der Waals surface area (Å²) in [6, 6.07) is 16.1. The zero-order chi connectivity index (χ0) is 17.7. The standard InChI is InChI=1S/C18H24N2O3S/c1-13(20-14(2)16-7-5-4-6-8-16)11-15-9-10-17(23-3)18(12-15)24(19,21)22/h4-10,12-14,20H,11H2,1-3H3,(H2,19,21,22)/p+1/t13-,14-/m1/s1. The van der Waals surface area contributed by atoms with E-state index < -0.39 is 10.0 Å². The average molecular weight is 349 g/mol. The zero-order valence-corrected chi connectivity index (χ0v) is 15.1. The molecule has 0 amide bonds. The van der Waals surface area contributed by atoms with Gasteiger partial charge in [-0.1, -0.05) is 36.4 Å². The predicted octanol–water partition coefficient (Wildman–Crippen LogP) is 1.60. The first-order valence-electron chi connectivity index (χ1n) is 7.91. The third kappa shape index (κ3) is 4.80. The molecule has 0 fully saturated rings. The van der Waals surface area contributed by atoms with Gasteiger partial charge in [-0.3, -0.25) is 0 Å². The van der Waals surface area contributed by atoms with Crippen molar-refractivity contribution < 1.29 is 18.5 Å². The molecule has 2 aromatic carbocycles. The Bertz CT molecular complexity index is 776. The summed E-state index contributed by atoms with van der Waals surface area (Å²) < 4.78 is 28.5. The number of rotatable bonds is 7. The molecule has 130 valence electrons. The molecule has 5 nitrogen and oxygen atoms in total. The molecule has 0 aliphatic heterocycles. The molecule has 6 heteroatoms. The van der Waals surface area contributed by atoms with Gasteiger partial charge in [0.2, 0.25) is 10.0 Å². The molecule has 0 heterocycles. The van der Waals surface area contributed by atoms with Crippen molar-refractivity contribution in [2.75, 3.05) is 7.11 Å². The zero-order valence-electron chi connectivity index (χ0n) is 14.3. The summed E-state index contributed by atoms with van der Waals surface area (Å²) in [7, 11) is -2.37. The molecule has 0 unspecified atom stereocenters. The largest absolute Gasteiger partial charge is 0.495 e. The molecular weight excluding hydrogens is 324 g/mol. The van der Waals surface area contributed by atoms with Gasteiger partial charge < -0.3 is 10.1 Å². The van der Waals surface area contributed by atoms with Crippen molar-refractivity contribution in [1.29, 1.82) is 0 Å².